The average molecular weight is 439 g/mol. The molecule has 0 aliphatic heterocycles. The van der Waals surface area contributed by atoms with Gasteiger partial charge in [-0.1, -0.05) is 29.3 Å². The second kappa shape index (κ2) is 7.41. The van der Waals surface area contributed by atoms with Crippen LogP contribution in [0.4, 0.5) is 27.1 Å². The lowest BCUT2D eigenvalue weighted by Crippen LogP contribution is -2.19. The van der Waals surface area contributed by atoms with Crippen LogP contribution in [-0.4, -0.2) is 10.9 Å². The van der Waals surface area contributed by atoms with Gasteiger partial charge in [-0.15, -0.1) is 11.3 Å². The van der Waals surface area contributed by atoms with E-state index in [1.807, 2.05) is 5.32 Å². The Bertz CT molecular complexity index is 1040. The van der Waals surface area contributed by atoms with Gasteiger partial charge in [0.05, 0.1) is 15.7 Å². The lowest BCUT2D eigenvalue weighted by atomic mass is 10.1. The van der Waals surface area contributed by atoms with E-state index < -0.39 is 40.6 Å². The van der Waals surface area contributed by atoms with Crippen LogP contribution in [0.2, 0.25) is 10.0 Å². The van der Waals surface area contributed by atoms with Gasteiger partial charge in [0.2, 0.25) is 5.82 Å². The number of halogens is 7. The Labute approximate surface area is 162 Å². The second-order valence-corrected chi connectivity index (χ2v) is 6.74. The minimum atomic E-state index is -2.35. The number of nitrogens with one attached hydrogen (secondary N) is 1. The summed E-state index contributed by atoms with van der Waals surface area (Å²) >= 11 is 12.6. The van der Waals surface area contributed by atoms with E-state index in [9.17, 15) is 26.7 Å². The summed E-state index contributed by atoms with van der Waals surface area (Å²) in [7, 11) is 0. The van der Waals surface area contributed by atoms with Gasteiger partial charge in [0, 0.05) is 10.9 Å². The predicted octanol–water partition coefficient (Wildman–Crippen LogP) is 6.06. The molecular weight excluding hydrogens is 434 g/mol. The lowest BCUT2D eigenvalue weighted by molar-refractivity contribution is 0.101. The van der Waals surface area contributed by atoms with Gasteiger partial charge in [0.15, 0.2) is 28.4 Å². The van der Waals surface area contributed by atoms with Crippen LogP contribution in [0, 0.1) is 29.1 Å². The van der Waals surface area contributed by atoms with Gasteiger partial charge in [-0.05, 0) is 12.1 Å². The van der Waals surface area contributed by atoms with Crippen LogP contribution in [0.3, 0.4) is 0 Å². The molecule has 0 fully saturated rings. The summed E-state index contributed by atoms with van der Waals surface area (Å²) < 4.78 is 66.9. The summed E-state index contributed by atoms with van der Waals surface area (Å²) in [6, 6.07) is 4.62. The molecule has 1 heterocycles. The number of rotatable bonds is 3. The van der Waals surface area contributed by atoms with Crippen LogP contribution < -0.4 is 5.32 Å². The molecule has 0 saturated heterocycles. The molecule has 0 unspecified atom stereocenters. The monoisotopic (exact) mass is 438 g/mol. The van der Waals surface area contributed by atoms with E-state index in [4.69, 9.17) is 23.2 Å². The summed E-state index contributed by atoms with van der Waals surface area (Å²) in [4.78, 5) is 16.0. The summed E-state index contributed by atoms with van der Waals surface area (Å²) in [5, 5.41) is 3.95. The van der Waals surface area contributed by atoms with Gasteiger partial charge in [0.1, 0.15) is 5.56 Å². The van der Waals surface area contributed by atoms with E-state index in [0.717, 1.165) is 11.3 Å². The van der Waals surface area contributed by atoms with Gasteiger partial charge in [-0.3, -0.25) is 10.1 Å². The lowest BCUT2D eigenvalue weighted by Gasteiger charge is -2.07. The number of amides is 1. The second-order valence-electron chi connectivity index (χ2n) is 5.07. The van der Waals surface area contributed by atoms with Crippen molar-refractivity contribution in [3.8, 4) is 11.3 Å². The molecule has 27 heavy (non-hydrogen) atoms. The number of anilines is 1. The normalized spacial score (nSPS) is 10.9. The van der Waals surface area contributed by atoms with Crippen LogP contribution >= 0.6 is 34.5 Å². The fraction of sp³-hybridized carbons (Fsp3) is 0. The highest BCUT2D eigenvalue weighted by atomic mass is 35.5. The van der Waals surface area contributed by atoms with E-state index in [1.165, 1.54) is 17.5 Å². The highest BCUT2D eigenvalue weighted by Crippen LogP contribution is 2.31. The molecule has 3 aromatic rings. The van der Waals surface area contributed by atoms with E-state index >= 15 is 0 Å². The SMILES string of the molecule is O=C(Nc1nc(-c2ccc(Cl)c(Cl)c2)cs1)c1c(F)c(F)c(F)c(F)c1F. The number of thiazole rings is 1. The third-order valence-electron chi connectivity index (χ3n) is 3.38. The zero-order chi connectivity index (χ0) is 19.9. The van der Waals surface area contributed by atoms with Gasteiger partial charge in [0.25, 0.3) is 5.91 Å². The molecule has 1 aromatic heterocycles. The minimum absolute atomic E-state index is 0.120. The van der Waals surface area contributed by atoms with Gasteiger partial charge >= 0.3 is 0 Å². The zero-order valence-corrected chi connectivity index (χ0v) is 15.0. The molecule has 0 saturated carbocycles. The zero-order valence-electron chi connectivity index (χ0n) is 12.7. The summed E-state index contributed by atoms with van der Waals surface area (Å²) in [6.07, 6.45) is 0. The number of hydrogen-bond donors (Lipinski definition) is 1. The van der Waals surface area contributed by atoms with Crippen molar-refractivity contribution in [2.24, 2.45) is 0 Å². The molecule has 3 nitrogen and oxygen atoms in total. The molecule has 1 amide bonds. The number of benzene rings is 2. The third-order valence-corrected chi connectivity index (χ3v) is 4.87. The fourth-order valence-electron chi connectivity index (χ4n) is 2.08. The molecule has 0 spiro atoms. The van der Waals surface area contributed by atoms with Crippen LogP contribution in [0.5, 0.6) is 0 Å². The first-order chi connectivity index (χ1) is 12.7. The van der Waals surface area contributed by atoms with E-state index in [2.05, 4.69) is 4.98 Å². The highest BCUT2D eigenvalue weighted by Gasteiger charge is 2.30. The molecule has 0 aliphatic carbocycles. The minimum Gasteiger partial charge on any atom is -0.298 e. The number of aromatic nitrogens is 1. The molecule has 0 radical (unpaired) electrons. The standard InChI is InChI=1S/C16H5Cl2F5N2OS/c17-6-2-1-5(3-7(6)18)8-4-27-16(24-8)25-15(26)9-10(19)12(21)14(23)13(22)11(9)20/h1-4H,(H,24,25,26). The highest BCUT2D eigenvalue weighted by molar-refractivity contribution is 7.14. The van der Waals surface area contributed by atoms with Gasteiger partial charge in [-0.2, -0.15) is 0 Å². The van der Waals surface area contributed by atoms with Gasteiger partial charge in [-0.25, -0.2) is 26.9 Å². The van der Waals surface area contributed by atoms with Crippen LogP contribution in [0.1, 0.15) is 10.4 Å². The van der Waals surface area contributed by atoms with Crippen LogP contribution in [0.25, 0.3) is 11.3 Å². The number of carbonyl (C=O) groups excluding carboxylic acids is 1. The molecular formula is C16H5Cl2F5N2OS. The summed E-state index contributed by atoms with van der Waals surface area (Å²) in [5.74, 6) is -12.8. The Morgan fingerprint density at radius 3 is 2.11 bits per heavy atom. The molecule has 0 bridgehead atoms. The Kier molecular flexibility index (Phi) is 5.36. The molecule has 2 aromatic carbocycles. The molecule has 0 atom stereocenters. The first-order valence-electron chi connectivity index (χ1n) is 6.94. The molecule has 140 valence electrons. The maximum atomic E-state index is 13.7. The number of nitrogens with zero attached hydrogens (tertiary/aromatic N) is 1. The van der Waals surface area contributed by atoms with Crippen molar-refractivity contribution in [2.75, 3.05) is 5.32 Å². The van der Waals surface area contributed by atoms with Gasteiger partial charge < -0.3 is 0 Å². The predicted molar refractivity (Wildman–Crippen MR) is 91.8 cm³/mol. The van der Waals surface area contributed by atoms with E-state index in [0.29, 0.717) is 16.3 Å². The van der Waals surface area contributed by atoms with Crippen LogP contribution in [-0.2, 0) is 0 Å². The largest absolute Gasteiger partial charge is 0.298 e. The van der Waals surface area contributed by atoms with Crippen molar-refractivity contribution in [2.45, 2.75) is 0 Å². The van der Waals surface area contributed by atoms with E-state index in [1.54, 1.807) is 6.07 Å². The Morgan fingerprint density at radius 2 is 1.52 bits per heavy atom. The quantitative estimate of drug-likeness (QED) is 0.306. The molecule has 0 aliphatic rings. The van der Waals surface area contributed by atoms with E-state index in [-0.39, 0.29) is 10.2 Å². The Morgan fingerprint density at radius 1 is 0.926 bits per heavy atom. The van der Waals surface area contributed by atoms with Crippen molar-refractivity contribution >= 4 is 45.6 Å². The topological polar surface area (TPSA) is 42.0 Å². The van der Waals surface area contributed by atoms with Crippen molar-refractivity contribution in [1.82, 2.24) is 4.98 Å². The number of carbonyl (C=O) groups is 1. The summed E-state index contributed by atoms with van der Waals surface area (Å²) in [6.45, 7) is 0. The van der Waals surface area contributed by atoms with Crippen molar-refractivity contribution in [3.63, 3.8) is 0 Å². The fourth-order valence-corrected chi connectivity index (χ4v) is 3.10. The van der Waals surface area contributed by atoms with Crippen molar-refractivity contribution < 1.29 is 26.7 Å². The van der Waals surface area contributed by atoms with Crippen molar-refractivity contribution in [1.29, 1.82) is 0 Å². The molecule has 1 N–H and O–H groups in total. The number of hydrogen-bond acceptors (Lipinski definition) is 3. The average Bonchev–Trinajstić information content (AvgIpc) is 3.09. The maximum absolute atomic E-state index is 13.7. The smallest absolute Gasteiger partial charge is 0.263 e. The summed E-state index contributed by atoms with van der Waals surface area (Å²) in [5.41, 5.74) is -0.707. The molecule has 11 heteroatoms. The first-order valence-corrected chi connectivity index (χ1v) is 8.58. The maximum Gasteiger partial charge on any atom is 0.263 e. The first kappa shape index (κ1) is 19.5. The molecule has 3 rings (SSSR count). The Balaban J connectivity index is 1.90. The third kappa shape index (κ3) is 3.62. The van der Waals surface area contributed by atoms with Crippen molar-refractivity contribution in [3.05, 3.63) is 68.3 Å². The van der Waals surface area contributed by atoms with Crippen LogP contribution in [0.15, 0.2) is 23.6 Å². The Hall–Kier alpha value is -2.23.